The van der Waals surface area contributed by atoms with Crippen LogP contribution in [-0.2, 0) is 9.84 Å². The Balaban J connectivity index is 1.60. The number of aryl methyl sites for hydroxylation is 1. The van der Waals surface area contributed by atoms with Gasteiger partial charge in [-0.1, -0.05) is 42.5 Å². The van der Waals surface area contributed by atoms with Gasteiger partial charge in [-0.05, 0) is 37.3 Å². The lowest BCUT2D eigenvalue weighted by Crippen LogP contribution is -2.19. The van der Waals surface area contributed by atoms with Crippen LogP contribution < -0.4 is 14.5 Å². The number of hydrogen-bond acceptors (Lipinski definition) is 8. The SMILES string of the molecule is COc1cccc([C@@H]2CC(c3sc(-c4ccccc4)nc3C)=NN2c2ccc(S(C)(=O)=O)cc2)c1OC. The number of hydrazone groups is 1. The van der Waals surface area contributed by atoms with Gasteiger partial charge in [0.2, 0.25) is 0 Å². The highest BCUT2D eigenvalue weighted by Gasteiger charge is 2.34. The minimum Gasteiger partial charge on any atom is -0.493 e. The van der Waals surface area contributed by atoms with Crippen molar-refractivity contribution < 1.29 is 17.9 Å². The highest BCUT2D eigenvalue weighted by atomic mass is 32.2. The molecule has 190 valence electrons. The molecule has 37 heavy (non-hydrogen) atoms. The van der Waals surface area contributed by atoms with E-state index in [2.05, 4.69) is 12.1 Å². The van der Waals surface area contributed by atoms with Crippen LogP contribution in [0.3, 0.4) is 0 Å². The molecule has 5 rings (SSSR count). The van der Waals surface area contributed by atoms with Gasteiger partial charge in [0.1, 0.15) is 5.01 Å². The topological polar surface area (TPSA) is 81.1 Å². The predicted molar refractivity (Wildman–Crippen MR) is 148 cm³/mol. The highest BCUT2D eigenvalue weighted by Crippen LogP contribution is 2.44. The Morgan fingerprint density at radius 1 is 0.946 bits per heavy atom. The van der Waals surface area contributed by atoms with Gasteiger partial charge in [0.05, 0.1) is 47.1 Å². The van der Waals surface area contributed by atoms with Gasteiger partial charge >= 0.3 is 0 Å². The Hall–Kier alpha value is -3.69. The maximum Gasteiger partial charge on any atom is 0.175 e. The van der Waals surface area contributed by atoms with Crippen LogP contribution in [-0.4, -0.2) is 39.6 Å². The van der Waals surface area contributed by atoms with Gasteiger partial charge in [0, 0.05) is 23.8 Å². The molecular weight excluding hydrogens is 506 g/mol. The molecule has 0 radical (unpaired) electrons. The maximum absolute atomic E-state index is 12.0. The Morgan fingerprint density at radius 3 is 2.32 bits per heavy atom. The molecule has 0 amide bonds. The van der Waals surface area contributed by atoms with Crippen LogP contribution in [0.5, 0.6) is 11.5 Å². The van der Waals surface area contributed by atoms with Crippen molar-refractivity contribution in [2.24, 2.45) is 5.10 Å². The van der Waals surface area contributed by atoms with Crippen molar-refractivity contribution in [1.29, 1.82) is 0 Å². The van der Waals surface area contributed by atoms with Crippen LogP contribution in [0.15, 0.2) is 82.8 Å². The Kier molecular flexibility index (Phi) is 6.74. The Morgan fingerprint density at radius 2 is 1.68 bits per heavy atom. The highest BCUT2D eigenvalue weighted by molar-refractivity contribution is 7.90. The molecule has 0 spiro atoms. The summed E-state index contributed by atoms with van der Waals surface area (Å²) in [7, 11) is -0.0644. The second kappa shape index (κ2) is 9.99. The van der Waals surface area contributed by atoms with Gasteiger partial charge in [0.25, 0.3) is 0 Å². The molecule has 9 heteroatoms. The number of ether oxygens (including phenoxy) is 2. The smallest absolute Gasteiger partial charge is 0.175 e. The fraction of sp³-hybridized carbons (Fsp3) is 0.214. The number of para-hydroxylation sites is 1. The molecule has 4 aromatic rings. The van der Waals surface area contributed by atoms with Gasteiger partial charge in [-0.3, -0.25) is 5.01 Å². The predicted octanol–water partition coefficient (Wildman–Crippen LogP) is 5.89. The van der Waals surface area contributed by atoms with Crippen LogP contribution in [0, 0.1) is 6.92 Å². The zero-order chi connectivity index (χ0) is 26.2. The third-order valence-electron chi connectivity index (χ3n) is 6.31. The van der Waals surface area contributed by atoms with E-state index in [1.165, 1.54) is 6.26 Å². The number of rotatable bonds is 7. The Labute approximate surface area is 220 Å². The molecule has 1 aromatic heterocycles. The summed E-state index contributed by atoms with van der Waals surface area (Å²) in [6.45, 7) is 2.01. The van der Waals surface area contributed by atoms with Crippen LogP contribution in [0.4, 0.5) is 5.69 Å². The first kappa shape index (κ1) is 25.0. The molecule has 0 saturated heterocycles. The summed E-state index contributed by atoms with van der Waals surface area (Å²) in [4.78, 5) is 6.12. The molecule has 0 aliphatic carbocycles. The van der Waals surface area contributed by atoms with Gasteiger partial charge in [-0.2, -0.15) is 5.10 Å². The fourth-order valence-electron chi connectivity index (χ4n) is 4.52. The van der Waals surface area contributed by atoms with E-state index in [-0.39, 0.29) is 10.9 Å². The largest absolute Gasteiger partial charge is 0.493 e. The van der Waals surface area contributed by atoms with Crippen molar-refractivity contribution in [2.75, 3.05) is 25.5 Å². The van der Waals surface area contributed by atoms with E-state index in [9.17, 15) is 8.42 Å². The standard InChI is InChI=1S/C28H27N3O4S2/c1-18-27(36-28(29-18)19-9-6-5-7-10-19)23-17-24(22-11-8-12-25(34-2)26(22)35-3)31(30-23)20-13-15-21(16-14-20)37(4,32)33/h5-16,24H,17H2,1-4H3/t24-/m0/s1. The molecule has 0 unspecified atom stereocenters. The minimum atomic E-state index is -3.31. The second-order valence-electron chi connectivity index (χ2n) is 8.76. The fourth-order valence-corrected chi connectivity index (χ4v) is 6.21. The summed E-state index contributed by atoms with van der Waals surface area (Å²) in [6.07, 6.45) is 1.82. The van der Waals surface area contributed by atoms with E-state index < -0.39 is 9.84 Å². The maximum atomic E-state index is 12.0. The van der Waals surface area contributed by atoms with Crippen molar-refractivity contribution in [3.63, 3.8) is 0 Å². The molecule has 3 aromatic carbocycles. The molecule has 1 atom stereocenters. The van der Waals surface area contributed by atoms with Gasteiger partial charge in [-0.25, -0.2) is 13.4 Å². The summed E-state index contributed by atoms with van der Waals surface area (Å²) in [5, 5.41) is 7.93. The minimum absolute atomic E-state index is 0.189. The summed E-state index contributed by atoms with van der Waals surface area (Å²) in [6, 6.07) is 22.5. The van der Waals surface area contributed by atoms with Crippen LogP contribution in [0.1, 0.15) is 28.6 Å². The molecule has 7 nitrogen and oxygen atoms in total. The van der Waals surface area contributed by atoms with Gasteiger partial charge in [0.15, 0.2) is 21.3 Å². The monoisotopic (exact) mass is 533 g/mol. The number of benzene rings is 3. The van der Waals surface area contributed by atoms with E-state index in [0.29, 0.717) is 17.9 Å². The number of thiazole rings is 1. The zero-order valence-corrected chi connectivity index (χ0v) is 22.6. The van der Waals surface area contributed by atoms with E-state index >= 15 is 0 Å². The Bertz CT molecular complexity index is 1560. The summed E-state index contributed by atoms with van der Waals surface area (Å²) < 4.78 is 35.4. The van der Waals surface area contributed by atoms with Crippen LogP contribution in [0.2, 0.25) is 0 Å². The first-order valence-corrected chi connectivity index (χ1v) is 14.4. The third kappa shape index (κ3) is 4.84. The first-order valence-electron chi connectivity index (χ1n) is 11.7. The average Bonchev–Trinajstić information content (AvgIpc) is 3.52. The molecule has 0 N–H and O–H groups in total. The second-order valence-corrected chi connectivity index (χ2v) is 11.8. The van der Waals surface area contributed by atoms with Crippen molar-refractivity contribution >= 4 is 32.6 Å². The molecule has 0 bridgehead atoms. The van der Waals surface area contributed by atoms with E-state index in [1.54, 1.807) is 49.8 Å². The number of nitrogens with zero attached hydrogens (tertiary/aromatic N) is 3. The quantitative estimate of drug-likeness (QED) is 0.294. The molecule has 2 heterocycles. The lowest BCUT2D eigenvalue weighted by molar-refractivity contribution is 0.349. The van der Waals surface area contributed by atoms with E-state index in [1.807, 2.05) is 48.3 Å². The number of methoxy groups -OCH3 is 2. The van der Waals surface area contributed by atoms with Crippen molar-refractivity contribution in [3.05, 3.63) is 88.9 Å². The third-order valence-corrected chi connectivity index (χ3v) is 8.70. The molecule has 0 saturated carbocycles. The summed E-state index contributed by atoms with van der Waals surface area (Å²) in [5.74, 6) is 1.29. The molecule has 0 fully saturated rings. The number of hydrogen-bond donors (Lipinski definition) is 0. The summed E-state index contributed by atoms with van der Waals surface area (Å²) >= 11 is 1.62. The normalized spacial score (nSPS) is 15.5. The first-order chi connectivity index (χ1) is 17.8. The lowest BCUT2D eigenvalue weighted by Gasteiger charge is -2.26. The molecule has 1 aliphatic rings. The van der Waals surface area contributed by atoms with Crippen LogP contribution >= 0.6 is 11.3 Å². The van der Waals surface area contributed by atoms with E-state index in [0.717, 1.165) is 38.1 Å². The number of anilines is 1. The zero-order valence-electron chi connectivity index (χ0n) is 21.0. The molecule has 1 aliphatic heterocycles. The lowest BCUT2D eigenvalue weighted by atomic mass is 9.99. The van der Waals surface area contributed by atoms with Crippen molar-refractivity contribution in [1.82, 2.24) is 4.98 Å². The van der Waals surface area contributed by atoms with Crippen molar-refractivity contribution in [3.8, 4) is 22.1 Å². The number of sulfone groups is 1. The molecular formula is C28H27N3O4S2. The van der Waals surface area contributed by atoms with Crippen molar-refractivity contribution in [2.45, 2.75) is 24.3 Å². The van der Waals surface area contributed by atoms with Gasteiger partial charge in [-0.15, -0.1) is 11.3 Å². The van der Waals surface area contributed by atoms with Crippen LogP contribution in [0.25, 0.3) is 10.6 Å². The number of aromatic nitrogens is 1. The van der Waals surface area contributed by atoms with E-state index in [4.69, 9.17) is 19.6 Å². The van der Waals surface area contributed by atoms with Gasteiger partial charge < -0.3 is 9.47 Å². The summed E-state index contributed by atoms with van der Waals surface area (Å²) in [5.41, 5.74) is 4.62. The average molecular weight is 534 g/mol.